The van der Waals surface area contributed by atoms with Gasteiger partial charge >= 0.3 is 0 Å². The van der Waals surface area contributed by atoms with Gasteiger partial charge in [-0.15, -0.1) is 0 Å². The normalized spacial score (nSPS) is 20.9. The third kappa shape index (κ3) is 2.86. The summed E-state index contributed by atoms with van der Waals surface area (Å²) in [5, 5.41) is 2.96. The Morgan fingerprint density at radius 3 is 2.59 bits per heavy atom. The molecule has 1 N–H and O–H groups in total. The van der Waals surface area contributed by atoms with Gasteiger partial charge in [0.05, 0.1) is 20.3 Å². The molecule has 0 aromatic heterocycles. The third-order valence-electron chi connectivity index (χ3n) is 4.10. The molecular weight excluding hydrogens is 284 g/mol. The lowest BCUT2D eigenvalue weighted by Crippen LogP contribution is -2.38. The standard InChI is InChI=1S/C16H20N2O4/c1-21-13-6-5-12(8-14(13)22-2)18-9-11(7-15(18)19)17-16(20)10-3-4-10/h5-6,8,10-11H,3-4,7,9H2,1-2H3,(H,17,20)/t11-/m0/s1. The monoisotopic (exact) mass is 304 g/mol. The van der Waals surface area contributed by atoms with Gasteiger partial charge in [-0.1, -0.05) is 0 Å². The minimum absolute atomic E-state index is 0.00770. The highest BCUT2D eigenvalue weighted by Gasteiger charge is 2.36. The van der Waals surface area contributed by atoms with Crippen molar-refractivity contribution in [2.24, 2.45) is 5.92 Å². The van der Waals surface area contributed by atoms with Crippen molar-refractivity contribution in [1.29, 1.82) is 0 Å². The van der Waals surface area contributed by atoms with Crippen LogP contribution < -0.4 is 19.7 Å². The number of amides is 2. The summed E-state index contributed by atoms with van der Waals surface area (Å²) in [5.74, 6) is 1.44. The minimum Gasteiger partial charge on any atom is -0.493 e. The minimum atomic E-state index is -0.117. The van der Waals surface area contributed by atoms with Crippen molar-refractivity contribution >= 4 is 17.5 Å². The number of anilines is 1. The number of ether oxygens (including phenoxy) is 2. The third-order valence-corrected chi connectivity index (χ3v) is 4.10. The molecule has 0 unspecified atom stereocenters. The fraction of sp³-hybridized carbons (Fsp3) is 0.500. The summed E-state index contributed by atoms with van der Waals surface area (Å²) in [6, 6.07) is 5.26. The van der Waals surface area contributed by atoms with Crippen molar-refractivity contribution in [1.82, 2.24) is 5.32 Å². The molecule has 0 bridgehead atoms. The predicted octanol–water partition coefficient (Wildman–Crippen LogP) is 1.34. The van der Waals surface area contributed by atoms with Crippen molar-refractivity contribution in [2.75, 3.05) is 25.7 Å². The van der Waals surface area contributed by atoms with Crippen molar-refractivity contribution in [3.05, 3.63) is 18.2 Å². The highest BCUT2D eigenvalue weighted by atomic mass is 16.5. The maximum absolute atomic E-state index is 12.2. The molecule has 2 fully saturated rings. The number of methoxy groups -OCH3 is 2. The maximum Gasteiger partial charge on any atom is 0.229 e. The van der Waals surface area contributed by atoms with Gasteiger partial charge in [-0.25, -0.2) is 0 Å². The Balaban J connectivity index is 1.71. The van der Waals surface area contributed by atoms with E-state index in [9.17, 15) is 9.59 Å². The van der Waals surface area contributed by atoms with Gasteiger partial charge < -0.3 is 19.7 Å². The summed E-state index contributed by atoms with van der Waals surface area (Å²) in [6.07, 6.45) is 2.27. The second kappa shape index (κ2) is 5.87. The molecule has 1 aromatic carbocycles. The Kier molecular flexibility index (Phi) is 3.92. The molecule has 1 heterocycles. The zero-order chi connectivity index (χ0) is 15.7. The van der Waals surface area contributed by atoms with Crippen LogP contribution in [0.15, 0.2) is 18.2 Å². The number of nitrogens with one attached hydrogen (secondary N) is 1. The predicted molar refractivity (Wildman–Crippen MR) is 81.2 cm³/mol. The van der Waals surface area contributed by atoms with Gasteiger partial charge in [-0.05, 0) is 25.0 Å². The van der Waals surface area contributed by atoms with Gasteiger partial charge in [0.25, 0.3) is 0 Å². The molecule has 22 heavy (non-hydrogen) atoms. The van der Waals surface area contributed by atoms with Crippen molar-refractivity contribution in [3.8, 4) is 11.5 Å². The molecule has 2 amide bonds. The summed E-state index contributed by atoms with van der Waals surface area (Å²) < 4.78 is 10.5. The molecule has 1 saturated heterocycles. The van der Waals surface area contributed by atoms with Gasteiger partial charge in [-0.2, -0.15) is 0 Å². The molecule has 118 valence electrons. The van der Waals surface area contributed by atoms with Crippen molar-refractivity contribution < 1.29 is 19.1 Å². The number of nitrogens with zero attached hydrogens (tertiary/aromatic N) is 1. The van der Waals surface area contributed by atoms with Crippen LogP contribution in [0, 0.1) is 5.92 Å². The lowest BCUT2D eigenvalue weighted by Gasteiger charge is -2.19. The van der Waals surface area contributed by atoms with E-state index in [0.717, 1.165) is 18.5 Å². The lowest BCUT2D eigenvalue weighted by molar-refractivity contribution is -0.122. The van der Waals surface area contributed by atoms with Gasteiger partial charge in [0.2, 0.25) is 11.8 Å². The number of carbonyl (C=O) groups excluding carboxylic acids is 2. The first-order valence-electron chi connectivity index (χ1n) is 7.45. The molecule has 1 saturated carbocycles. The van der Waals surface area contributed by atoms with Crippen LogP contribution in [0.3, 0.4) is 0 Å². The topological polar surface area (TPSA) is 67.9 Å². The zero-order valence-corrected chi connectivity index (χ0v) is 12.8. The number of hydrogen-bond donors (Lipinski definition) is 1. The second-order valence-electron chi connectivity index (χ2n) is 5.73. The van der Waals surface area contributed by atoms with E-state index in [4.69, 9.17) is 9.47 Å². The quantitative estimate of drug-likeness (QED) is 0.891. The van der Waals surface area contributed by atoms with Crippen molar-refractivity contribution in [3.63, 3.8) is 0 Å². The first-order valence-corrected chi connectivity index (χ1v) is 7.45. The molecule has 1 atom stereocenters. The van der Waals surface area contributed by atoms with Crippen LogP contribution in [0.2, 0.25) is 0 Å². The van der Waals surface area contributed by atoms with E-state index in [0.29, 0.717) is 24.5 Å². The SMILES string of the molecule is COc1ccc(N2C[C@@H](NC(=O)C3CC3)CC2=O)cc1OC. The average molecular weight is 304 g/mol. The molecule has 6 nitrogen and oxygen atoms in total. The first-order chi connectivity index (χ1) is 10.6. The van der Waals surface area contributed by atoms with Crippen LogP contribution in [0.4, 0.5) is 5.69 Å². The van der Waals surface area contributed by atoms with E-state index >= 15 is 0 Å². The summed E-state index contributed by atoms with van der Waals surface area (Å²) in [7, 11) is 3.13. The molecule has 1 aromatic rings. The van der Waals surface area contributed by atoms with Crippen LogP contribution in [-0.4, -0.2) is 38.6 Å². The molecule has 3 rings (SSSR count). The van der Waals surface area contributed by atoms with Crippen LogP contribution in [0.25, 0.3) is 0 Å². The van der Waals surface area contributed by atoms with Crippen LogP contribution in [0.1, 0.15) is 19.3 Å². The van der Waals surface area contributed by atoms with E-state index in [-0.39, 0.29) is 23.8 Å². The van der Waals surface area contributed by atoms with E-state index < -0.39 is 0 Å². The summed E-state index contributed by atoms with van der Waals surface area (Å²) >= 11 is 0. The molecule has 0 spiro atoms. The van der Waals surface area contributed by atoms with Crippen LogP contribution >= 0.6 is 0 Å². The number of carbonyl (C=O) groups is 2. The van der Waals surface area contributed by atoms with Crippen LogP contribution in [0.5, 0.6) is 11.5 Å². The van der Waals surface area contributed by atoms with Gasteiger partial charge in [0.15, 0.2) is 11.5 Å². The Morgan fingerprint density at radius 1 is 1.23 bits per heavy atom. The summed E-state index contributed by atoms with van der Waals surface area (Å²) in [5.41, 5.74) is 0.755. The first kappa shape index (κ1) is 14.7. The van der Waals surface area contributed by atoms with E-state index in [1.165, 1.54) is 0 Å². The van der Waals surface area contributed by atoms with Crippen LogP contribution in [-0.2, 0) is 9.59 Å². The fourth-order valence-electron chi connectivity index (χ4n) is 2.71. The molecule has 1 aliphatic heterocycles. The molecule has 6 heteroatoms. The van der Waals surface area contributed by atoms with E-state index in [1.54, 1.807) is 31.3 Å². The fourth-order valence-corrected chi connectivity index (χ4v) is 2.71. The molecular formula is C16H20N2O4. The Labute approximate surface area is 129 Å². The summed E-state index contributed by atoms with van der Waals surface area (Å²) in [4.78, 5) is 25.7. The number of rotatable bonds is 5. The Morgan fingerprint density at radius 2 is 1.95 bits per heavy atom. The largest absolute Gasteiger partial charge is 0.493 e. The molecule has 2 aliphatic rings. The van der Waals surface area contributed by atoms with E-state index in [2.05, 4.69) is 5.32 Å². The van der Waals surface area contributed by atoms with Gasteiger partial charge in [0, 0.05) is 30.6 Å². The lowest BCUT2D eigenvalue weighted by atomic mass is 10.2. The highest BCUT2D eigenvalue weighted by Crippen LogP contribution is 2.33. The summed E-state index contributed by atoms with van der Waals surface area (Å²) in [6.45, 7) is 0.493. The smallest absolute Gasteiger partial charge is 0.229 e. The Hall–Kier alpha value is -2.24. The number of hydrogen-bond acceptors (Lipinski definition) is 4. The second-order valence-corrected chi connectivity index (χ2v) is 5.73. The number of benzene rings is 1. The van der Waals surface area contributed by atoms with Crippen molar-refractivity contribution in [2.45, 2.75) is 25.3 Å². The highest BCUT2D eigenvalue weighted by molar-refractivity contribution is 5.97. The van der Waals surface area contributed by atoms with Gasteiger partial charge in [0.1, 0.15) is 0 Å². The Bertz CT molecular complexity index is 598. The molecule has 0 radical (unpaired) electrons. The zero-order valence-electron chi connectivity index (χ0n) is 12.8. The average Bonchev–Trinajstić information content (AvgIpc) is 3.31. The van der Waals surface area contributed by atoms with Gasteiger partial charge in [-0.3, -0.25) is 9.59 Å². The molecule has 1 aliphatic carbocycles. The van der Waals surface area contributed by atoms with E-state index in [1.807, 2.05) is 6.07 Å². The maximum atomic E-state index is 12.2.